The van der Waals surface area contributed by atoms with Gasteiger partial charge in [0.1, 0.15) is 12.4 Å². The molecule has 2 atom stereocenters. The maximum absolute atomic E-state index is 13.1. The number of nitrogens with zero attached hydrogens (tertiary/aromatic N) is 3. The second-order valence-corrected chi connectivity index (χ2v) is 6.36. The van der Waals surface area contributed by atoms with Crippen molar-refractivity contribution in [1.82, 2.24) is 15.0 Å². The number of carbonyl (C=O) groups excluding carboxylic acids is 1. The summed E-state index contributed by atoms with van der Waals surface area (Å²) < 4.78 is 23.4. The lowest BCUT2D eigenvalue weighted by Gasteiger charge is -2.34. The molecule has 6 nitrogen and oxygen atoms in total. The van der Waals surface area contributed by atoms with Crippen LogP contribution in [-0.2, 0) is 11.3 Å². The molecule has 2 heterocycles. The van der Waals surface area contributed by atoms with Gasteiger partial charge >= 0.3 is 0 Å². The van der Waals surface area contributed by atoms with Crippen molar-refractivity contribution in [1.29, 1.82) is 0 Å². The zero-order valence-electron chi connectivity index (χ0n) is 14.4. The van der Waals surface area contributed by atoms with Crippen molar-refractivity contribution in [3.05, 3.63) is 47.4 Å². The molecule has 0 aliphatic carbocycles. The molecule has 1 saturated heterocycles. The molecule has 1 aromatic carbocycles. The van der Waals surface area contributed by atoms with E-state index in [9.17, 15) is 9.18 Å². The van der Waals surface area contributed by atoms with Crippen LogP contribution < -0.4 is 0 Å². The number of rotatable bonds is 6. The van der Waals surface area contributed by atoms with Gasteiger partial charge in [0.25, 0.3) is 0 Å². The highest BCUT2D eigenvalue weighted by Gasteiger charge is 2.31. The molecule has 0 N–H and O–H groups in total. The van der Waals surface area contributed by atoms with Crippen molar-refractivity contribution < 1.29 is 18.4 Å². The zero-order chi connectivity index (χ0) is 17.8. The van der Waals surface area contributed by atoms with E-state index in [-0.39, 0.29) is 23.6 Å². The van der Waals surface area contributed by atoms with E-state index in [4.69, 9.17) is 9.26 Å². The number of benzene rings is 1. The van der Waals surface area contributed by atoms with E-state index in [0.717, 1.165) is 19.4 Å². The molecular formula is C18H22FN3O3. The standard InChI is InChI=1S/C18H22FN3O3/c1-12(18-20-16(11-24-2)21-25-18)22-9-3-4-14(10-22)17(23)13-5-7-15(19)8-6-13/h5-8,12,14H,3-4,9-11H2,1-2H3/t12-,14+/m1/s1. The fourth-order valence-corrected chi connectivity index (χ4v) is 3.20. The third kappa shape index (κ3) is 4.11. The van der Waals surface area contributed by atoms with Gasteiger partial charge in [-0.2, -0.15) is 4.98 Å². The van der Waals surface area contributed by atoms with Crippen LogP contribution in [0.15, 0.2) is 28.8 Å². The SMILES string of the molecule is COCc1noc([C@@H](C)N2CCC[C@H](C(=O)c3ccc(F)cc3)C2)n1. The number of hydrogen-bond donors (Lipinski definition) is 0. The molecule has 0 saturated carbocycles. The van der Waals surface area contributed by atoms with Gasteiger partial charge in [0.15, 0.2) is 11.6 Å². The normalized spacial score (nSPS) is 19.7. The fourth-order valence-electron chi connectivity index (χ4n) is 3.20. The second kappa shape index (κ2) is 7.84. The predicted octanol–water partition coefficient (Wildman–Crippen LogP) is 3.01. The van der Waals surface area contributed by atoms with Crippen molar-refractivity contribution in [2.24, 2.45) is 5.92 Å². The summed E-state index contributed by atoms with van der Waals surface area (Å²) in [7, 11) is 1.58. The molecule has 1 fully saturated rings. The molecule has 1 aliphatic rings. The van der Waals surface area contributed by atoms with Gasteiger partial charge in [-0.15, -0.1) is 0 Å². The first-order valence-electron chi connectivity index (χ1n) is 8.43. The number of ether oxygens (including phenoxy) is 1. The largest absolute Gasteiger partial charge is 0.377 e. The molecule has 134 valence electrons. The summed E-state index contributed by atoms with van der Waals surface area (Å²) >= 11 is 0. The Kier molecular flexibility index (Phi) is 5.55. The smallest absolute Gasteiger partial charge is 0.243 e. The van der Waals surface area contributed by atoms with Crippen LogP contribution >= 0.6 is 0 Å². The third-order valence-electron chi connectivity index (χ3n) is 4.61. The topological polar surface area (TPSA) is 68.5 Å². The zero-order valence-corrected chi connectivity index (χ0v) is 14.4. The minimum absolute atomic E-state index is 0.0579. The number of methoxy groups -OCH3 is 1. The highest BCUT2D eigenvalue weighted by Crippen LogP contribution is 2.27. The summed E-state index contributed by atoms with van der Waals surface area (Å²) in [5.74, 6) is 0.659. The highest BCUT2D eigenvalue weighted by atomic mass is 19.1. The Bertz CT molecular complexity index is 717. The maximum atomic E-state index is 13.1. The Morgan fingerprint density at radius 2 is 2.20 bits per heavy atom. The third-order valence-corrected chi connectivity index (χ3v) is 4.61. The van der Waals surface area contributed by atoms with E-state index in [1.165, 1.54) is 12.1 Å². The second-order valence-electron chi connectivity index (χ2n) is 6.36. The molecule has 1 aliphatic heterocycles. The summed E-state index contributed by atoms with van der Waals surface area (Å²) in [6, 6.07) is 5.68. The predicted molar refractivity (Wildman–Crippen MR) is 88.5 cm³/mol. The van der Waals surface area contributed by atoms with E-state index in [1.54, 1.807) is 19.2 Å². The van der Waals surface area contributed by atoms with Crippen molar-refractivity contribution in [2.75, 3.05) is 20.2 Å². The Labute approximate surface area is 146 Å². The minimum Gasteiger partial charge on any atom is -0.377 e. The first-order valence-corrected chi connectivity index (χ1v) is 8.43. The van der Waals surface area contributed by atoms with E-state index >= 15 is 0 Å². The molecule has 0 spiro atoms. The van der Waals surface area contributed by atoms with Crippen molar-refractivity contribution >= 4 is 5.78 Å². The van der Waals surface area contributed by atoms with Crippen molar-refractivity contribution in [2.45, 2.75) is 32.4 Å². The van der Waals surface area contributed by atoms with Crippen LogP contribution in [0.25, 0.3) is 0 Å². The van der Waals surface area contributed by atoms with E-state index in [1.807, 2.05) is 6.92 Å². The molecule has 3 rings (SSSR count). The molecule has 0 amide bonds. The Hall–Kier alpha value is -2.12. The Balaban J connectivity index is 1.67. The van der Waals surface area contributed by atoms with Gasteiger partial charge < -0.3 is 9.26 Å². The minimum atomic E-state index is -0.335. The van der Waals surface area contributed by atoms with Gasteiger partial charge in [-0.1, -0.05) is 5.16 Å². The van der Waals surface area contributed by atoms with Crippen LogP contribution in [0.3, 0.4) is 0 Å². The monoisotopic (exact) mass is 347 g/mol. The summed E-state index contributed by atoms with van der Waals surface area (Å²) in [4.78, 5) is 19.2. The molecular weight excluding hydrogens is 325 g/mol. The van der Waals surface area contributed by atoms with Gasteiger partial charge in [0, 0.05) is 25.1 Å². The number of Topliss-reactive ketones (excluding diaryl/α,β-unsaturated/α-hetero) is 1. The number of likely N-dealkylation sites (tertiary alicyclic amines) is 1. The van der Waals surface area contributed by atoms with Crippen molar-refractivity contribution in [3.63, 3.8) is 0 Å². The lowest BCUT2D eigenvalue weighted by Crippen LogP contribution is -2.40. The summed E-state index contributed by atoms with van der Waals surface area (Å²) in [5.41, 5.74) is 0.557. The average Bonchev–Trinajstić information content (AvgIpc) is 3.10. The van der Waals surface area contributed by atoms with Crippen LogP contribution in [-0.4, -0.2) is 41.0 Å². The van der Waals surface area contributed by atoms with E-state index < -0.39 is 0 Å². The van der Waals surface area contributed by atoms with E-state index in [0.29, 0.717) is 30.4 Å². The molecule has 25 heavy (non-hydrogen) atoms. The fraction of sp³-hybridized carbons (Fsp3) is 0.500. The number of ketones is 1. The maximum Gasteiger partial charge on any atom is 0.243 e. The number of hydrogen-bond acceptors (Lipinski definition) is 6. The number of carbonyl (C=O) groups is 1. The number of piperidine rings is 1. The molecule has 0 unspecified atom stereocenters. The van der Waals surface area contributed by atoms with Gasteiger partial charge in [-0.25, -0.2) is 4.39 Å². The van der Waals surface area contributed by atoms with Crippen LogP contribution in [0.4, 0.5) is 4.39 Å². The summed E-state index contributed by atoms with van der Waals surface area (Å²) in [6.45, 7) is 3.80. The molecule has 7 heteroatoms. The highest BCUT2D eigenvalue weighted by molar-refractivity contribution is 5.98. The van der Waals surface area contributed by atoms with Gasteiger partial charge in [0.2, 0.25) is 5.89 Å². The first kappa shape index (κ1) is 17.7. The van der Waals surface area contributed by atoms with Crippen LogP contribution in [0.2, 0.25) is 0 Å². The summed E-state index contributed by atoms with van der Waals surface area (Å²) in [5, 5.41) is 3.89. The van der Waals surface area contributed by atoms with Crippen LogP contribution in [0.5, 0.6) is 0 Å². The van der Waals surface area contributed by atoms with Crippen molar-refractivity contribution in [3.8, 4) is 0 Å². The van der Waals surface area contributed by atoms with Gasteiger partial charge in [-0.3, -0.25) is 9.69 Å². The average molecular weight is 347 g/mol. The number of aromatic nitrogens is 2. The first-order chi connectivity index (χ1) is 12.1. The molecule has 0 bridgehead atoms. The lowest BCUT2D eigenvalue weighted by atomic mass is 9.89. The molecule has 0 radical (unpaired) electrons. The quantitative estimate of drug-likeness (QED) is 0.748. The Morgan fingerprint density at radius 1 is 1.44 bits per heavy atom. The number of halogens is 1. The van der Waals surface area contributed by atoms with Gasteiger partial charge in [-0.05, 0) is 50.6 Å². The van der Waals surface area contributed by atoms with E-state index in [2.05, 4.69) is 15.0 Å². The summed E-state index contributed by atoms with van der Waals surface area (Å²) in [6.07, 6.45) is 1.75. The lowest BCUT2D eigenvalue weighted by molar-refractivity contribution is 0.0730. The van der Waals surface area contributed by atoms with Gasteiger partial charge in [0.05, 0.1) is 6.04 Å². The van der Waals surface area contributed by atoms with Crippen LogP contribution in [0, 0.1) is 11.7 Å². The molecule has 1 aromatic heterocycles. The van der Waals surface area contributed by atoms with Crippen LogP contribution in [0.1, 0.15) is 47.9 Å². The Morgan fingerprint density at radius 3 is 2.92 bits per heavy atom. The molecule has 2 aromatic rings.